The Morgan fingerprint density at radius 3 is 2.65 bits per heavy atom. The molecule has 2 aliphatic carbocycles. The average molecular weight is 283 g/mol. The molecule has 1 aliphatic heterocycles. The molecule has 114 valence electrons. The van der Waals surface area contributed by atoms with Crippen LogP contribution in [0.2, 0.25) is 0 Å². The lowest BCUT2D eigenvalue weighted by Crippen LogP contribution is -2.66. The van der Waals surface area contributed by atoms with E-state index in [1.807, 2.05) is 0 Å². The lowest BCUT2D eigenvalue weighted by molar-refractivity contribution is -0.158. The van der Waals surface area contributed by atoms with E-state index in [0.29, 0.717) is 19.6 Å². The average Bonchev–Trinajstić information content (AvgIpc) is 2.99. The number of hydrogen-bond acceptors (Lipinski definition) is 4. The van der Waals surface area contributed by atoms with Gasteiger partial charge >= 0.3 is 0 Å². The molecule has 1 heterocycles. The Balaban J connectivity index is 1.46. The minimum absolute atomic E-state index is 0.0420. The van der Waals surface area contributed by atoms with Crippen molar-refractivity contribution in [3.63, 3.8) is 0 Å². The molecule has 0 unspecified atom stereocenters. The maximum Gasteiger partial charge on any atom is 0.246 e. The molecule has 2 saturated carbocycles. The van der Waals surface area contributed by atoms with Crippen molar-refractivity contribution >= 4 is 5.91 Å². The fourth-order valence-corrected chi connectivity index (χ4v) is 3.88. The Morgan fingerprint density at radius 2 is 2.00 bits per heavy atom. The quantitative estimate of drug-likeness (QED) is 0.807. The fourth-order valence-electron chi connectivity index (χ4n) is 3.88. The molecule has 0 aromatic heterocycles. The van der Waals surface area contributed by atoms with E-state index in [9.17, 15) is 9.90 Å². The first-order valence-corrected chi connectivity index (χ1v) is 7.87. The highest BCUT2D eigenvalue weighted by Crippen LogP contribution is 2.48. The van der Waals surface area contributed by atoms with Crippen LogP contribution in [-0.2, 0) is 14.3 Å². The minimum atomic E-state index is -0.299. The Morgan fingerprint density at radius 1 is 1.30 bits per heavy atom. The standard InChI is InChI=1S/C15H25NO4/c17-13-9-12(15(13)5-7-19-8-6-15)16-14(18)10-20-11-3-1-2-4-11/h11-13,17H,1-10H2,(H,16,18)/t12-,13-/m1/s1. The topological polar surface area (TPSA) is 67.8 Å². The van der Waals surface area contributed by atoms with Crippen molar-refractivity contribution < 1.29 is 19.4 Å². The smallest absolute Gasteiger partial charge is 0.246 e. The third kappa shape index (κ3) is 2.71. The van der Waals surface area contributed by atoms with Crippen molar-refractivity contribution in [1.29, 1.82) is 0 Å². The van der Waals surface area contributed by atoms with Crippen molar-refractivity contribution in [2.45, 2.75) is 63.2 Å². The summed E-state index contributed by atoms with van der Waals surface area (Å²) >= 11 is 0. The Kier molecular flexibility index (Phi) is 4.29. The van der Waals surface area contributed by atoms with Crippen molar-refractivity contribution in [3.8, 4) is 0 Å². The first kappa shape index (κ1) is 14.3. The van der Waals surface area contributed by atoms with Gasteiger partial charge in [0.15, 0.2) is 0 Å². The van der Waals surface area contributed by atoms with Crippen LogP contribution in [0.4, 0.5) is 0 Å². The van der Waals surface area contributed by atoms with Gasteiger partial charge in [0, 0.05) is 24.7 Å². The molecule has 20 heavy (non-hydrogen) atoms. The van der Waals surface area contributed by atoms with Crippen LogP contribution in [0.3, 0.4) is 0 Å². The molecule has 3 rings (SSSR count). The third-order valence-electron chi connectivity index (χ3n) is 5.33. The summed E-state index contributed by atoms with van der Waals surface area (Å²) in [7, 11) is 0. The molecule has 0 radical (unpaired) electrons. The van der Waals surface area contributed by atoms with E-state index < -0.39 is 0 Å². The molecular weight excluding hydrogens is 258 g/mol. The predicted octanol–water partition coefficient (Wildman–Crippen LogP) is 0.992. The van der Waals surface area contributed by atoms with Gasteiger partial charge in [-0.2, -0.15) is 0 Å². The van der Waals surface area contributed by atoms with E-state index in [2.05, 4.69) is 5.32 Å². The van der Waals surface area contributed by atoms with Gasteiger partial charge in [0.05, 0.1) is 12.2 Å². The van der Waals surface area contributed by atoms with E-state index in [-0.39, 0.29) is 36.2 Å². The summed E-state index contributed by atoms with van der Waals surface area (Å²) in [6.45, 7) is 1.52. The largest absolute Gasteiger partial charge is 0.392 e. The maximum absolute atomic E-state index is 12.0. The monoisotopic (exact) mass is 283 g/mol. The number of ether oxygens (including phenoxy) is 2. The number of amides is 1. The van der Waals surface area contributed by atoms with Crippen LogP contribution in [0.1, 0.15) is 44.9 Å². The summed E-state index contributed by atoms with van der Waals surface area (Å²) in [6, 6.07) is 0.0843. The number of carbonyl (C=O) groups excluding carboxylic acids is 1. The van der Waals surface area contributed by atoms with E-state index >= 15 is 0 Å². The molecule has 1 spiro atoms. The van der Waals surface area contributed by atoms with Crippen LogP contribution in [0, 0.1) is 5.41 Å². The summed E-state index contributed by atoms with van der Waals surface area (Å²) < 4.78 is 11.0. The molecule has 5 heteroatoms. The molecule has 0 aromatic rings. The highest BCUT2D eigenvalue weighted by atomic mass is 16.5. The number of rotatable bonds is 4. The van der Waals surface area contributed by atoms with E-state index in [4.69, 9.17) is 9.47 Å². The molecule has 1 amide bonds. The minimum Gasteiger partial charge on any atom is -0.392 e. The number of carbonyl (C=O) groups is 1. The predicted molar refractivity (Wildman–Crippen MR) is 73.2 cm³/mol. The second kappa shape index (κ2) is 6.00. The third-order valence-corrected chi connectivity index (χ3v) is 5.33. The molecule has 1 saturated heterocycles. The van der Waals surface area contributed by atoms with Crippen LogP contribution in [0.15, 0.2) is 0 Å². The van der Waals surface area contributed by atoms with Crippen LogP contribution >= 0.6 is 0 Å². The highest BCUT2D eigenvalue weighted by Gasteiger charge is 2.55. The van der Waals surface area contributed by atoms with Crippen molar-refractivity contribution in [3.05, 3.63) is 0 Å². The first-order valence-electron chi connectivity index (χ1n) is 7.87. The van der Waals surface area contributed by atoms with Gasteiger partial charge in [-0.15, -0.1) is 0 Å². The molecular formula is C15H25NO4. The SMILES string of the molecule is O=C(COC1CCCC1)N[C@@H]1C[C@@H](O)C12CCOCC2. The lowest BCUT2D eigenvalue weighted by atomic mass is 9.58. The fraction of sp³-hybridized carbons (Fsp3) is 0.933. The Bertz CT molecular complexity index is 348. The summed E-state index contributed by atoms with van der Waals surface area (Å²) in [5.41, 5.74) is -0.152. The van der Waals surface area contributed by atoms with E-state index in [1.54, 1.807) is 0 Å². The molecule has 0 bridgehead atoms. The zero-order chi connectivity index (χ0) is 14.0. The van der Waals surface area contributed by atoms with Gasteiger partial charge in [0.1, 0.15) is 6.61 Å². The number of aliphatic hydroxyl groups excluding tert-OH is 1. The lowest BCUT2D eigenvalue weighted by Gasteiger charge is -2.55. The van der Waals surface area contributed by atoms with Gasteiger partial charge in [-0.1, -0.05) is 12.8 Å². The van der Waals surface area contributed by atoms with Crippen LogP contribution in [-0.4, -0.2) is 49.1 Å². The van der Waals surface area contributed by atoms with Crippen molar-refractivity contribution in [1.82, 2.24) is 5.32 Å². The highest BCUT2D eigenvalue weighted by molar-refractivity contribution is 5.77. The second-order valence-corrected chi connectivity index (χ2v) is 6.43. The molecule has 3 fully saturated rings. The first-order chi connectivity index (χ1) is 9.71. The van der Waals surface area contributed by atoms with Gasteiger partial charge in [0.25, 0.3) is 0 Å². The van der Waals surface area contributed by atoms with Gasteiger partial charge in [-0.05, 0) is 32.1 Å². The zero-order valence-electron chi connectivity index (χ0n) is 12.0. The molecule has 5 nitrogen and oxygen atoms in total. The Labute approximate surface area is 120 Å². The molecule has 2 N–H and O–H groups in total. The van der Waals surface area contributed by atoms with Gasteiger partial charge in [-0.3, -0.25) is 4.79 Å². The van der Waals surface area contributed by atoms with Gasteiger partial charge < -0.3 is 19.9 Å². The Hall–Kier alpha value is -0.650. The zero-order valence-corrected chi connectivity index (χ0v) is 12.0. The van der Waals surface area contributed by atoms with E-state index in [0.717, 1.165) is 25.7 Å². The summed E-state index contributed by atoms with van der Waals surface area (Å²) in [5.74, 6) is -0.0420. The molecule has 0 aromatic carbocycles. The van der Waals surface area contributed by atoms with Crippen LogP contribution in [0.5, 0.6) is 0 Å². The molecule has 2 atom stereocenters. The van der Waals surface area contributed by atoms with Crippen molar-refractivity contribution in [2.75, 3.05) is 19.8 Å². The maximum atomic E-state index is 12.0. The summed E-state index contributed by atoms with van der Waals surface area (Å²) in [5, 5.41) is 13.1. The van der Waals surface area contributed by atoms with Crippen LogP contribution < -0.4 is 5.32 Å². The normalized spacial score (nSPS) is 33.0. The number of hydrogen-bond donors (Lipinski definition) is 2. The number of aliphatic hydroxyl groups is 1. The van der Waals surface area contributed by atoms with Crippen molar-refractivity contribution in [2.24, 2.45) is 5.41 Å². The summed E-state index contributed by atoms with van der Waals surface area (Å²) in [4.78, 5) is 12.0. The van der Waals surface area contributed by atoms with Crippen LogP contribution in [0.25, 0.3) is 0 Å². The second-order valence-electron chi connectivity index (χ2n) is 6.43. The van der Waals surface area contributed by atoms with Gasteiger partial charge in [-0.25, -0.2) is 0 Å². The number of nitrogens with one attached hydrogen (secondary N) is 1. The summed E-state index contributed by atoms with van der Waals surface area (Å²) in [6.07, 6.45) is 6.89. The molecule has 3 aliphatic rings. The van der Waals surface area contributed by atoms with Gasteiger partial charge in [0.2, 0.25) is 5.91 Å². The van der Waals surface area contributed by atoms with E-state index in [1.165, 1.54) is 12.8 Å².